The van der Waals surface area contributed by atoms with Crippen LogP contribution in [0.1, 0.15) is 91.5 Å². The SMILES string of the molecule is CC(C)Nc1ccc(Cc2nc(Cc3ccc(NC(C)C)cc3)nc(NC(C)(C)CC(C)(C)C)n2)cc1. The van der Waals surface area contributed by atoms with Crippen LogP contribution < -0.4 is 16.0 Å². The molecule has 3 aromatic rings. The van der Waals surface area contributed by atoms with Gasteiger partial charge in [-0.15, -0.1) is 0 Å². The Morgan fingerprint density at radius 1 is 0.622 bits per heavy atom. The van der Waals surface area contributed by atoms with Crippen molar-refractivity contribution < 1.29 is 0 Å². The fourth-order valence-corrected chi connectivity index (χ4v) is 4.82. The molecule has 0 aliphatic heterocycles. The van der Waals surface area contributed by atoms with Crippen molar-refractivity contribution in [3.63, 3.8) is 0 Å². The Labute approximate surface area is 224 Å². The Morgan fingerprint density at radius 3 is 1.38 bits per heavy atom. The Hall–Kier alpha value is -3.15. The lowest BCUT2D eigenvalue weighted by Crippen LogP contribution is -2.36. The first-order chi connectivity index (χ1) is 17.3. The zero-order chi connectivity index (χ0) is 27.2. The van der Waals surface area contributed by atoms with Crippen LogP contribution >= 0.6 is 0 Å². The van der Waals surface area contributed by atoms with Crippen molar-refractivity contribution in [2.24, 2.45) is 5.41 Å². The molecule has 0 saturated carbocycles. The third kappa shape index (κ3) is 10.0. The largest absolute Gasteiger partial charge is 0.383 e. The quantitative estimate of drug-likeness (QED) is 0.255. The summed E-state index contributed by atoms with van der Waals surface area (Å²) < 4.78 is 0. The van der Waals surface area contributed by atoms with E-state index in [2.05, 4.69) is 127 Å². The second-order valence-electron chi connectivity index (χ2n) is 12.6. The number of aromatic nitrogens is 3. The predicted molar refractivity (Wildman–Crippen MR) is 158 cm³/mol. The number of nitrogens with one attached hydrogen (secondary N) is 3. The topological polar surface area (TPSA) is 74.8 Å². The van der Waals surface area contributed by atoms with Crippen LogP contribution in [0.2, 0.25) is 0 Å². The molecule has 0 radical (unpaired) electrons. The number of hydrogen-bond donors (Lipinski definition) is 3. The average Bonchev–Trinajstić information content (AvgIpc) is 2.73. The molecule has 37 heavy (non-hydrogen) atoms. The van der Waals surface area contributed by atoms with Gasteiger partial charge >= 0.3 is 0 Å². The van der Waals surface area contributed by atoms with E-state index in [4.69, 9.17) is 15.0 Å². The smallest absolute Gasteiger partial charge is 0.226 e. The molecule has 1 heterocycles. The molecule has 0 spiro atoms. The minimum absolute atomic E-state index is 0.150. The van der Waals surface area contributed by atoms with E-state index in [1.807, 2.05) is 0 Å². The van der Waals surface area contributed by atoms with Crippen LogP contribution in [0.3, 0.4) is 0 Å². The molecule has 0 aliphatic carbocycles. The van der Waals surface area contributed by atoms with Crippen molar-refractivity contribution in [2.45, 2.75) is 99.2 Å². The molecule has 2 aromatic carbocycles. The van der Waals surface area contributed by atoms with Gasteiger partial charge in [-0.05, 0) is 88.8 Å². The van der Waals surface area contributed by atoms with Crippen molar-refractivity contribution in [1.29, 1.82) is 0 Å². The van der Waals surface area contributed by atoms with Gasteiger partial charge in [-0.2, -0.15) is 9.97 Å². The van der Waals surface area contributed by atoms with Crippen LogP contribution in [0.15, 0.2) is 48.5 Å². The van der Waals surface area contributed by atoms with Crippen LogP contribution in [-0.2, 0) is 12.8 Å². The van der Waals surface area contributed by atoms with Gasteiger partial charge in [0.1, 0.15) is 11.6 Å². The highest BCUT2D eigenvalue weighted by Crippen LogP contribution is 2.29. The summed E-state index contributed by atoms with van der Waals surface area (Å²) in [6.45, 7) is 19.8. The molecule has 6 heteroatoms. The maximum absolute atomic E-state index is 4.88. The van der Waals surface area contributed by atoms with Crippen molar-refractivity contribution in [1.82, 2.24) is 15.0 Å². The maximum atomic E-state index is 4.88. The summed E-state index contributed by atoms with van der Waals surface area (Å²) in [5.74, 6) is 2.20. The summed E-state index contributed by atoms with van der Waals surface area (Å²) in [7, 11) is 0. The number of benzene rings is 2. The highest BCUT2D eigenvalue weighted by Gasteiger charge is 2.26. The van der Waals surface area contributed by atoms with E-state index >= 15 is 0 Å². The predicted octanol–water partition coefficient (Wildman–Crippen LogP) is 7.32. The molecule has 0 bridgehead atoms. The monoisotopic (exact) mass is 502 g/mol. The first-order valence-corrected chi connectivity index (χ1v) is 13.5. The van der Waals surface area contributed by atoms with Gasteiger partial charge in [0.05, 0.1) is 0 Å². The standard InChI is InChI=1S/C31H46N6/c1-21(2)32-25-14-10-23(11-15-25)18-27-34-28(19-24-12-16-26(17-13-24)33-22(3)4)36-29(35-27)37-31(8,9)20-30(5,6)7/h10-17,21-22,32-33H,18-20H2,1-9H3,(H,34,35,36,37). The van der Waals surface area contributed by atoms with E-state index in [0.717, 1.165) is 29.4 Å². The summed E-state index contributed by atoms with van der Waals surface area (Å²) in [5, 5.41) is 10.5. The highest BCUT2D eigenvalue weighted by atomic mass is 15.2. The van der Waals surface area contributed by atoms with Crippen LogP contribution in [0.4, 0.5) is 17.3 Å². The zero-order valence-electron chi connectivity index (χ0n) is 24.2. The van der Waals surface area contributed by atoms with Gasteiger partial charge in [0.25, 0.3) is 0 Å². The van der Waals surface area contributed by atoms with E-state index in [-0.39, 0.29) is 11.0 Å². The van der Waals surface area contributed by atoms with Gasteiger partial charge in [-0.25, -0.2) is 4.98 Å². The molecule has 3 N–H and O–H groups in total. The van der Waals surface area contributed by atoms with Crippen molar-refractivity contribution in [2.75, 3.05) is 16.0 Å². The van der Waals surface area contributed by atoms with Gasteiger partial charge < -0.3 is 16.0 Å². The summed E-state index contributed by atoms with van der Waals surface area (Å²) in [6.07, 6.45) is 2.30. The summed E-state index contributed by atoms with van der Waals surface area (Å²) in [5.41, 5.74) is 4.63. The van der Waals surface area contributed by atoms with E-state index in [1.54, 1.807) is 0 Å². The molecule has 6 nitrogen and oxygen atoms in total. The number of hydrogen-bond acceptors (Lipinski definition) is 6. The molecule has 0 amide bonds. The van der Waals surface area contributed by atoms with E-state index in [0.29, 0.717) is 30.9 Å². The molecule has 0 atom stereocenters. The minimum atomic E-state index is -0.150. The van der Waals surface area contributed by atoms with Gasteiger partial charge in [0, 0.05) is 41.8 Å². The fraction of sp³-hybridized carbons (Fsp3) is 0.516. The molecular formula is C31H46N6. The molecule has 3 rings (SSSR count). The van der Waals surface area contributed by atoms with Crippen LogP contribution in [0.25, 0.3) is 0 Å². The molecule has 0 saturated heterocycles. The summed E-state index contributed by atoms with van der Waals surface area (Å²) >= 11 is 0. The van der Waals surface area contributed by atoms with Gasteiger partial charge in [0.2, 0.25) is 5.95 Å². The van der Waals surface area contributed by atoms with Gasteiger partial charge in [-0.1, -0.05) is 45.0 Å². The third-order valence-corrected chi connectivity index (χ3v) is 5.69. The normalized spacial score (nSPS) is 12.2. The van der Waals surface area contributed by atoms with E-state index < -0.39 is 0 Å². The Bertz CT molecular complexity index is 1050. The summed E-state index contributed by atoms with van der Waals surface area (Å²) in [4.78, 5) is 14.6. The van der Waals surface area contributed by atoms with Gasteiger partial charge in [-0.3, -0.25) is 0 Å². The highest BCUT2D eigenvalue weighted by molar-refractivity contribution is 5.46. The summed E-state index contributed by atoms with van der Waals surface area (Å²) in [6, 6.07) is 17.9. The van der Waals surface area contributed by atoms with E-state index in [1.165, 1.54) is 11.1 Å². The van der Waals surface area contributed by atoms with Gasteiger partial charge in [0.15, 0.2) is 0 Å². The molecule has 0 fully saturated rings. The maximum Gasteiger partial charge on any atom is 0.226 e. The molecule has 0 unspecified atom stereocenters. The molecule has 0 aliphatic rings. The Morgan fingerprint density at radius 2 is 1.03 bits per heavy atom. The first-order valence-electron chi connectivity index (χ1n) is 13.5. The molecule has 200 valence electrons. The number of rotatable bonds is 11. The van der Waals surface area contributed by atoms with Crippen molar-refractivity contribution in [3.05, 3.63) is 71.3 Å². The lowest BCUT2D eigenvalue weighted by molar-refractivity contribution is 0.301. The van der Waals surface area contributed by atoms with Crippen LogP contribution in [0.5, 0.6) is 0 Å². The molecule has 1 aromatic heterocycles. The second kappa shape index (κ2) is 11.9. The minimum Gasteiger partial charge on any atom is -0.383 e. The van der Waals surface area contributed by atoms with Crippen molar-refractivity contribution in [3.8, 4) is 0 Å². The lowest BCUT2D eigenvalue weighted by atomic mass is 9.82. The van der Waals surface area contributed by atoms with E-state index in [9.17, 15) is 0 Å². The average molecular weight is 503 g/mol. The number of anilines is 3. The zero-order valence-corrected chi connectivity index (χ0v) is 24.2. The van der Waals surface area contributed by atoms with Crippen molar-refractivity contribution >= 4 is 17.3 Å². The Balaban J connectivity index is 1.86. The second-order valence-corrected chi connectivity index (χ2v) is 12.6. The van der Waals surface area contributed by atoms with Crippen LogP contribution in [0, 0.1) is 5.41 Å². The Kier molecular flexibility index (Phi) is 9.16. The first kappa shape index (κ1) is 28.4. The number of nitrogens with zero attached hydrogens (tertiary/aromatic N) is 3. The fourth-order valence-electron chi connectivity index (χ4n) is 4.82. The van der Waals surface area contributed by atoms with Crippen LogP contribution in [-0.4, -0.2) is 32.6 Å². The molecular weight excluding hydrogens is 456 g/mol. The third-order valence-electron chi connectivity index (χ3n) is 5.69. The lowest BCUT2D eigenvalue weighted by Gasteiger charge is -2.33.